The fraction of sp³-hybridized carbons (Fsp3) is 0.364. The Morgan fingerprint density at radius 3 is 2.71 bits per heavy atom. The van der Waals surface area contributed by atoms with Crippen molar-refractivity contribution in [2.24, 2.45) is 5.73 Å². The number of ether oxygens (including phenoxy) is 1. The minimum atomic E-state index is -0.567. The number of benzene rings is 1. The fourth-order valence-electron chi connectivity index (χ4n) is 1.85. The number of carbonyl (C=O) groups excluding carboxylic acids is 1. The van der Waals surface area contributed by atoms with E-state index in [1.807, 2.05) is 24.3 Å². The Hall–Kier alpha value is -1.35. The van der Waals surface area contributed by atoms with E-state index >= 15 is 0 Å². The number of nitrogens with two attached hydrogens (primary N) is 1. The number of primary amides is 1. The van der Waals surface area contributed by atoms with Gasteiger partial charge in [-0.3, -0.25) is 4.79 Å². The van der Waals surface area contributed by atoms with Gasteiger partial charge < -0.3 is 10.5 Å². The fourth-order valence-corrected chi connectivity index (χ4v) is 1.85. The molecule has 1 aromatic carbocycles. The molecule has 1 amide bonds. The summed E-state index contributed by atoms with van der Waals surface area (Å²) in [4.78, 5) is 11.1. The van der Waals surface area contributed by atoms with Gasteiger partial charge >= 0.3 is 0 Å². The smallest absolute Gasteiger partial charge is 0.251 e. The summed E-state index contributed by atoms with van der Waals surface area (Å²) in [5.41, 5.74) is 7.35. The molecule has 0 bridgehead atoms. The van der Waals surface area contributed by atoms with E-state index in [1.54, 1.807) is 0 Å². The molecule has 74 valence electrons. The van der Waals surface area contributed by atoms with E-state index in [-0.39, 0.29) is 0 Å². The number of fused-ring (bicyclic) bond motifs is 1. The highest BCUT2D eigenvalue weighted by Crippen LogP contribution is 2.32. The Balaban J connectivity index is 2.46. The number of hydrogen-bond donors (Lipinski definition) is 1. The second-order valence-electron chi connectivity index (χ2n) is 3.65. The summed E-state index contributed by atoms with van der Waals surface area (Å²) in [5.74, 6) is -0.0776. The lowest BCUT2D eigenvalue weighted by Gasteiger charge is -2.28. The van der Waals surface area contributed by atoms with Crippen molar-refractivity contribution in [3.8, 4) is 0 Å². The van der Waals surface area contributed by atoms with E-state index in [0.717, 1.165) is 5.56 Å². The lowest BCUT2D eigenvalue weighted by molar-refractivity contribution is -0.131. The third-order valence-electron chi connectivity index (χ3n) is 2.58. The van der Waals surface area contributed by atoms with E-state index in [0.29, 0.717) is 12.5 Å². The second kappa shape index (κ2) is 3.42. The van der Waals surface area contributed by atoms with Crippen molar-refractivity contribution in [1.29, 1.82) is 0 Å². The SMILES string of the molecule is CC1COC(C(N)=O)c2ccccc21. The summed E-state index contributed by atoms with van der Waals surface area (Å²) in [6, 6.07) is 7.80. The molecule has 0 saturated heterocycles. The molecule has 1 aliphatic heterocycles. The third kappa shape index (κ3) is 1.40. The molecule has 1 heterocycles. The van der Waals surface area contributed by atoms with Crippen molar-refractivity contribution in [2.45, 2.75) is 18.9 Å². The molecule has 0 radical (unpaired) electrons. The van der Waals surface area contributed by atoms with Crippen LogP contribution in [0.1, 0.15) is 30.1 Å². The largest absolute Gasteiger partial charge is 0.367 e. The normalized spacial score (nSPS) is 25.5. The molecule has 1 aromatic rings. The molecular weight excluding hydrogens is 178 g/mol. The van der Waals surface area contributed by atoms with Crippen LogP contribution in [0.4, 0.5) is 0 Å². The van der Waals surface area contributed by atoms with Crippen molar-refractivity contribution < 1.29 is 9.53 Å². The Bertz CT molecular complexity index is 362. The van der Waals surface area contributed by atoms with Gasteiger partial charge in [0.05, 0.1) is 6.61 Å². The minimum absolute atomic E-state index is 0.335. The first-order valence-electron chi connectivity index (χ1n) is 4.70. The third-order valence-corrected chi connectivity index (χ3v) is 2.58. The van der Waals surface area contributed by atoms with Crippen molar-refractivity contribution in [1.82, 2.24) is 0 Å². The zero-order chi connectivity index (χ0) is 10.1. The highest BCUT2D eigenvalue weighted by Gasteiger charge is 2.28. The van der Waals surface area contributed by atoms with Crippen LogP contribution in [-0.2, 0) is 9.53 Å². The first-order valence-corrected chi connectivity index (χ1v) is 4.70. The van der Waals surface area contributed by atoms with Crippen LogP contribution in [0, 0.1) is 0 Å². The molecule has 0 spiro atoms. The Labute approximate surface area is 82.9 Å². The maximum Gasteiger partial charge on any atom is 0.251 e. The van der Waals surface area contributed by atoms with Crippen molar-refractivity contribution in [3.05, 3.63) is 35.4 Å². The first-order chi connectivity index (χ1) is 6.70. The molecule has 2 rings (SSSR count). The van der Waals surface area contributed by atoms with E-state index in [9.17, 15) is 4.79 Å². The van der Waals surface area contributed by atoms with Crippen LogP contribution < -0.4 is 5.73 Å². The van der Waals surface area contributed by atoms with Crippen LogP contribution >= 0.6 is 0 Å². The number of amides is 1. The molecule has 0 aromatic heterocycles. The van der Waals surface area contributed by atoms with E-state index in [2.05, 4.69) is 6.92 Å². The lowest BCUT2D eigenvalue weighted by atomic mass is 9.90. The maximum atomic E-state index is 11.1. The van der Waals surface area contributed by atoms with Gasteiger partial charge in [-0.15, -0.1) is 0 Å². The average molecular weight is 191 g/mol. The zero-order valence-electron chi connectivity index (χ0n) is 8.07. The predicted octanol–water partition coefficient (Wildman–Crippen LogP) is 1.35. The van der Waals surface area contributed by atoms with Crippen LogP contribution in [0.3, 0.4) is 0 Å². The number of rotatable bonds is 1. The van der Waals surface area contributed by atoms with Gasteiger partial charge in [-0.2, -0.15) is 0 Å². The highest BCUT2D eigenvalue weighted by atomic mass is 16.5. The van der Waals surface area contributed by atoms with Crippen molar-refractivity contribution in [2.75, 3.05) is 6.61 Å². The minimum Gasteiger partial charge on any atom is -0.367 e. The first kappa shape index (κ1) is 9.21. The molecule has 3 heteroatoms. The predicted molar refractivity (Wildman–Crippen MR) is 52.7 cm³/mol. The summed E-state index contributed by atoms with van der Waals surface area (Å²) in [5, 5.41) is 0. The van der Waals surface area contributed by atoms with Crippen molar-refractivity contribution >= 4 is 5.91 Å². The molecule has 0 saturated carbocycles. The Kier molecular flexibility index (Phi) is 2.25. The quantitative estimate of drug-likeness (QED) is 0.728. The maximum absolute atomic E-state index is 11.1. The molecule has 0 aliphatic carbocycles. The van der Waals surface area contributed by atoms with Gasteiger partial charge in [0.15, 0.2) is 6.10 Å². The standard InChI is InChI=1S/C11H13NO2/c1-7-6-14-10(11(12)13)9-5-3-2-4-8(7)9/h2-5,7,10H,6H2,1H3,(H2,12,13). The summed E-state index contributed by atoms with van der Waals surface area (Å²) in [6.07, 6.45) is -0.567. The number of hydrogen-bond acceptors (Lipinski definition) is 2. The summed E-state index contributed by atoms with van der Waals surface area (Å²) in [6.45, 7) is 2.64. The average Bonchev–Trinajstić information content (AvgIpc) is 2.18. The van der Waals surface area contributed by atoms with Gasteiger partial charge in [0.25, 0.3) is 5.91 Å². The molecular formula is C11H13NO2. The number of carbonyl (C=O) groups is 1. The summed E-state index contributed by atoms with van der Waals surface area (Å²) in [7, 11) is 0. The van der Waals surface area contributed by atoms with Gasteiger partial charge in [0, 0.05) is 5.92 Å². The highest BCUT2D eigenvalue weighted by molar-refractivity contribution is 5.81. The van der Waals surface area contributed by atoms with Crippen LogP contribution in [0.15, 0.2) is 24.3 Å². The molecule has 2 atom stereocenters. The monoisotopic (exact) mass is 191 g/mol. The van der Waals surface area contributed by atoms with Crippen LogP contribution in [0.2, 0.25) is 0 Å². The van der Waals surface area contributed by atoms with E-state index in [1.165, 1.54) is 5.56 Å². The molecule has 14 heavy (non-hydrogen) atoms. The molecule has 2 N–H and O–H groups in total. The van der Waals surface area contributed by atoms with E-state index < -0.39 is 12.0 Å². The summed E-state index contributed by atoms with van der Waals surface area (Å²) < 4.78 is 5.40. The van der Waals surface area contributed by atoms with Crippen molar-refractivity contribution in [3.63, 3.8) is 0 Å². The topological polar surface area (TPSA) is 52.3 Å². The van der Waals surface area contributed by atoms with Gasteiger partial charge in [-0.25, -0.2) is 0 Å². The van der Waals surface area contributed by atoms with E-state index in [4.69, 9.17) is 10.5 Å². The van der Waals surface area contributed by atoms with Gasteiger partial charge in [-0.05, 0) is 11.1 Å². The zero-order valence-corrected chi connectivity index (χ0v) is 8.07. The van der Waals surface area contributed by atoms with Crippen LogP contribution in [0.5, 0.6) is 0 Å². The van der Waals surface area contributed by atoms with Gasteiger partial charge in [-0.1, -0.05) is 31.2 Å². The Morgan fingerprint density at radius 1 is 1.43 bits per heavy atom. The summed E-state index contributed by atoms with van der Waals surface area (Å²) >= 11 is 0. The molecule has 2 unspecified atom stereocenters. The van der Waals surface area contributed by atoms with Crippen LogP contribution in [0.25, 0.3) is 0 Å². The molecule has 3 nitrogen and oxygen atoms in total. The second-order valence-corrected chi connectivity index (χ2v) is 3.65. The van der Waals surface area contributed by atoms with Gasteiger partial charge in [0.2, 0.25) is 0 Å². The Morgan fingerprint density at radius 2 is 2.07 bits per heavy atom. The van der Waals surface area contributed by atoms with Crippen LogP contribution in [-0.4, -0.2) is 12.5 Å². The molecule has 0 fully saturated rings. The van der Waals surface area contributed by atoms with Gasteiger partial charge in [0.1, 0.15) is 0 Å². The molecule has 1 aliphatic rings. The lowest BCUT2D eigenvalue weighted by Crippen LogP contribution is -2.29.